The molecule has 4 rings (SSSR count). The van der Waals surface area contributed by atoms with Crippen LogP contribution in [0.5, 0.6) is 0 Å². The first-order chi connectivity index (χ1) is 14.6. The van der Waals surface area contributed by atoms with Crippen LogP contribution in [0.3, 0.4) is 0 Å². The lowest BCUT2D eigenvalue weighted by Crippen LogP contribution is -2.42. The van der Waals surface area contributed by atoms with Crippen LogP contribution in [-0.4, -0.2) is 6.29 Å². The zero-order valence-electron chi connectivity index (χ0n) is 19.1. The zero-order chi connectivity index (χ0) is 21.3. The molecule has 0 aromatic heterocycles. The van der Waals surface area contributed by atoms with E-state index in [9.17, 15) is 4.79 Å². The molecule has 0 radical (unpaired) electrons. The van der Waals surface area contributed by atoms with E-state index >= 15 is 0 Å². The average Bonchev–Trinajstić information content (AvgIpc) is 3.11. The van der Waals surface area contributed by atoms with Crippen LogP contribution < -0.4 is 0 Å². The molecule has 0 aliphatic heterocycles. The van der Waals surface area contributed by atoms with Crippen molar-refractivity contribution in [1.82, 2.24) is 0 Å². The molecular weight excluding hydrogens is 364 g/mol. The SMILES string of the molecule is C=CC1CCC2C3CC/C(=C/C=O)C(CCC)=C3C(c3ccc(CC)cc3)CC12C. The van der Waals surface area contributed by atoms with Crippen molar-refractivity contribution in [2.75, 3.05) is 0 Å². The number of carbonyl (C=O) groups excluding carboxylic acids is 1. The van der Waals surface area contributed by atoms with Gasteiger partial charge in [-0.15, -0.1) is 6.58 Å². The van der Waals surface area contributed by atoms with Gasteiger partial charge in [0.05, 0.1) is 0 Å². The molecule has 1 heteroatoms. The molecule has 0 amide bonds. The first kappa shape index (κ1) is 21.3. The summed E-state index contributed by atoms with van der Waals surface area (Å²) in [5, 5.41) is 0. The lowest BCUT2D eigenvalue weighted by molar-refractivity contribution is -0.104. The fourth-order valence-corrected chi connectivity index (χ4v) is 7.21. The van der Waals surface area contributed by atoms with Crippen LogP contribution in [-0.2, 0) is 11.2 Å². The van der Waals surface area contributed by atoms with E-state index in [0.717, 1.165) is 37.9 Å². The molecule has 0 bridgehead atoms. The smallest absolute Gasteiger partial charge is 0.143 e. The maximum absolute atomic E-state index is 11.4. The Labute approximate surface area is 183 Å². The summed E-state index contributed by atoms with van der Waals surface area (Å²) in [5.41, 5.74) is 7.75. The highest BCUT2D eigenvalue weighted by Crippen LogP contribution is 2.65. The molecule has 5 unspecified atom stereocenters. The lowest BCUT2D eigenvalue weighted by atomic mass is 9.52. The summed E-state index contributed by atoms with van der Waals surface area (Å²) in [4.78, 5) is 11.4. The number of fused-ring (bicyclic) bond motifs is 3. The normalized spacial score (nSPS) is 34.6. The molecule has 2 fully saturated rings. The minimum atomic E-state index is 0.340. The van der Waals surface area contributed by atoms with E-state index in [0.29, 0.717) is 23.2 Å². The van der Waals surface area contributed by atoms with Crippen molar-refractivity contribution in [2.45, 2.75) is 78.1 Å². The summed E-state index contributed by atoms with van der Waals surface area (Å²) in [6.45, 7) is 11.3. The van der Waals surface area contributed by atoms with Crippen LogP contribution in [0, 0.1) is 23.2 Å². The van der Waals surface area contributed by atoms with Gasteiger partial charge in [-0.25, -0.2) is 0 Å². The van der Waals surface area contributed by atoms with Crippen LogP contribution in [0.2, 0.25) is 0 Å². The van der Waals surface area contributed by atoms with Crippen molar-refractivity contribution >= 4 is 6.29 Å². The van der Waals surface area contributed by atoms with Crippen molar-refractivity contribution in [3.63, 3.8) is 0 Å². The predicted molar refractivity (Wildman–Crippen MR) is 127 cm³/mol. The summed E-state index contributed by atoms with van der Waals surface area (Å²) in [5.74, 6) is 2.52. The van der Waals surface area contributed by atoms with Gasteiger partial charge in [0.2, 0.25) is 0 Å². The van der Waals surface area contributed by atoms with Crippen LogP contribution in [0.15, 0.2) is 59.7 Å². The molecule has 3 aliphatic rings. The van der Waals surface area contributed by atoms with Gasteiger partial charge >= 0.3 is 0 Å². The van der Waals surface area contributed by atoms with E-state index in [1.54, 1.807) is 5.57 Å². The maximum Gasteiger partial charge on any atom is 0.143 e. The Morgan fingerprint density at radius 2 is 1.90 bits per heavy atom. The molecule has 5 atom stereocenters. The van der Waals surface area contributed by atoms with Crippen molar-refractivity contribution in [3.8, 4) is 0 Å². The summed E-state index contributed by atoms with van der Waals surface area (Å²) in [7, 11) is 0. The van der Waals surface area contributed by atoms with E-state index in [4.69, 9.17) is 0 Å². The molecular formula is C29H38O. The third-order valence-electron chi connectivity index (χ3n) is 8.69. The second kappa shape index (κ2) is 8.69. The Bertz CT molecular complexity index is 855. The molecule has 160 valence electrons. The van der Waals surface area contributed by atoms with E-state index in [-0.39, 0.29) is 0 Å². The predicted octanol–water partition coefficient (Wildman–Crippen LogP) is 7.59. The standard InChI is InChI=1S/C29H38O/c1-5-8-24-22(17-18-30)13-15-25-27-16-14-23(7-3)29(27,4)19-26(28(24)25)21-11-9-20(6-2)10-12-21/h7,9-12,17-18,23,25-27H,3,5-6,8,13-16,19H2,1-2,4H3/b22-17-. The van der Waals surface area contributed by atoms with E-state index in [1.165, 1.54) is 48.0 Å². The molecule has 1 nitrogen and oxygen atoms in total. The highest BCUT2D eigenvalue weighted by molar-refractivity contribution is 5.69. The molecule has 0 spiro atoms. The summed E-state index contributed by atoms with van der Waals surface area (Å²) in [6, 6.07) is 9.42. The molecule has 0 N–H and O–H groups in total. The second-order valence-electron chi connectivity index (χ2n) is 10.0. The number of hydrogen-bond acceptors (Lipinski definition) is 1. The lowest BCUT2D eigenvalue weighted by Gasteiger charge is -2.52. The average molecular weight is 403 g/mol. The third-order valence-corrected chi connectivity index (χ3v) is 8.69. The quantitative estimate of drug-likeness (QED) is 0.272. The number of rotatable bonds is 6. The largest absolute Gasteiger partial charge is 0.299 e. The highest BCUT2D eigenvalue weighted by Gasteiger charge is 2.55. The Kier molecular flexibility index (Phi) is 6.19. The van der Waals surface area contributed by atoms with Gasteiger partial charge in [0.15, 0.2) is 0 Å². The highest BCUT2D eigenvalue weighted by atomic mass is 16.1. The molecule has 2 saturated carbocycles. The van der Waals surface area contributed by atoms with Crippen LogP contribution in [0.1, 0.15) is 82.8 Å². The third kappa shape index (κ3) is 3.45. The summed E-state index contributed by atoms with van der Waals surface area (Å²) >= 11 is 0. The first-order valence-electron chi connectivity index (χ1n) is 12.2. The van der Waals surface area contributed by atoms with E-state index in [1.807, 2.05) is 6.08 Å². The molecule has 3 aliphatic carbocycles. The topological polar surface area (TPSA) is 17.1 Å². The number of hydrogen-bond donors (Lipinski definition) is 0. The summed E-state index contributed by atoms with van der Waals surface area (Å²) < 4.78 is 0. The van der Waals surface area contributed by atoms with Gasteiger partial charge in [0.1, 0.15) is 6.29 Å². The Balaban J connectivity index is 1.88. The number of carbonyl (C=O) groups is 1. The van der Waals surface area contributed by atoms with E-state index < -0.39 is 0 Å². The van der Waals surface area contributed by atoms with Gasteiger partial charge in [0, 0.05) is 5.92 Å². The molecule has 1 aromatic carbocycles. The van der Waals surface area contributed by atoms with Gasteiger partial charge in [-0.2, -0.15) is 0 Å². The Morgan fingerprint density at radius 1 is 1.13 bits per heavy atom. The molecule has 0 heterocycles. The van der Waals surface area contributed by atoms with Gasteiger partial charge in [-0.3, -0.25) is 4.79 Å². The van der Waals surface area contributed by atoms with Gasteiger partial charge in [0.25, 0.3) is 0 Å². The van der Waals surface area contributed by atoms with Crippen molar-refractivity contribution < 1.29 is 4.79 Å². The monoisotopic (exact) mass is 402 g/mol. The van der Waals surface area contributed by atoms with Gasteiger partial charge in [-0.05, 0) is 96.5 Å². The zero-order valence-corrected chi connectivity index (χ0v) is 19.1. The minimum Gasteiger partial charge on any atom is -0.299 e. The molecule has 30 heavy (non-hydrogen) atoms. The van der Waals surface area contributed by atoms with Gasteiger partial charge in [-0.1, -0.05) is 63.1 Å². The van der Waals surface area contributed by atoms with Gasteiger partial charge < -0.3 is 0 Å². The molecule has 0 saturated heterocycles. The first-order valence-corrected chi connectivity index (χ1v) is 12.2. The number of aryl methyl sites for hydroxylation is 1. The fourth-order valence-electron chi connectivity index (χ4n) is 7.21. The van der Waals surface area contributed by atoms with Crippen molar-refractivity contribution in [3.05, 3.63) is 70.8 Å². The Hall–Kier alpha value is -1.89. The number of allylic oxidation sites excluding steroid dienone is 5. The summed E-state index contributed by atoms with van der Waals surface area (Å²) in [6.07, 6.45) is 14.5. The van der Waals surface area contributed by atoms with Crippen molar-refractivity contribution in [1.29, 1.82) is 0 Å². The number of aldehydes is 1. The van der Waals surface area contributed by atoms with Crippen LogP contribution in [0.25, 0.3) is 0 Å². The second-order valence-corrected chi connectivity index (χ2v) is 10.0. The fraction of sp³-hybridized carbons (Fsp3) is 0.552. The maximum atomic E-state index is 11.4. The molecule has 1 aromatic rings. The minimum absolute atomic E-state index is 0.340. The Morgan fingerprint density at radius 3 is 2.53 bits per heavy atom. The number of benzene rings is 1. The van der Waals surface area contributed by atoms with Crippen LogP contribution in [0.4, 0.5) is 0 Å². The van der Waals surface area contributed by atoms with E-state index in [2.05, 4.69) is 57.7 Å². The van der Waals surface area contributed by atoms with Crippen LogP contribution >= 0.6 is 0 Å². The van der Waals surface area contributed by atoms with Crippen molar-refractivity contribution in [2.24, 2.45) is 23.2 Å².